The Morgan fingerprint density at radius 1 is 1.24 bits per heavy atom. The average molecular weight is 379 g/mol. The predicted molar refractivity (Wildman–Crippen MR) is 101 cm³/mol. The summed E-state index contributed by atoms with van der Waals surface area (Å²) in [5.41, 5.74) is 2.68. The number of benzene rings is 2. The van der Waals surface area contributed by atoms with Crippen LogP contribution in [0.3, 0.4) is 0 Å². The summed E-state index contributed by atoms with van der Waals surface area (Å²) in [5, 5.41) is 3.41. The van der Waals surface area contributed by atoms with E-state index in [1.54, 1.807) is 49.4 Å². The summed E-state index contributed by atoms with van der Waals surface area (Å²) in [5.74, 6) is -0.190. The van der Waals surface area contributed by atoms with Gasteiger partial charge in [0.05, 0.1) is 11.4 Å². The molecular weight excluding hydrogens is 360 g/mol. The molecule has 0 aliphatic carbocycles. The van der Waals surface area contributed by atoms with Gasteiger partial charge in [-0.2, -0.15) is 0 Å². The molecule has 0 aromatic heterocycles. The second-order valence-electron chi connectivity index (χ2n) is 6.05. The zero-order chi connectivity index (χ0) is 18.2. The van der Waals surface area contributed by atoms with Gasteiger partial charge in [-0.15, -0.1) is 0 Å². The Bertz CT molecular complexity index is 910. The Labute approximate surface area is 152 Å². The van der Waals surface area contributed by atoms with Gasteiger partial charge in [0.25, 0.3) is 5.91 Å². The molecule has 25 heavy (non-hydrogen) atoms. The minimum atomic E-state index is -3.33. The van der Waals surface area contributed by atoms with Crippen molar-refractivity contribution in [2.45, 2.75) is 26.3 Å². The molecule has 5 nitrogen and oxygen atoms in total. The molecule has 1 aliphatic heterocycles. The molecule has 132 valence electrons. The zero-order valence-electron chi connectivity index (χ0n) is 14.0. The van der Waals surface area contributed by atoms with Crippen LogP contribution >= 0.6 is 11.6 Å². The lowest BCUT2D eigenvalue weighted by Gasteiger charge is -2.23. The van der Waals surface area contributed by atoms with Gasteiger partial charge < -0.3 is 5.32 Å². The molecule has 0 unspecified atom stereocenters. The number of halogens is 1. The van der Waals surface area contributed by atoms with Crippen molar-refractivity contribution in [3.63, 3.8) is 0 Å². The van der Waals surface area contributed by atoms with E-state index >= 15 is 0 Å². The predicted octanol–water partition coefficient (Wildman–Crippen LogP) is 3.69. The number of fused-ring (bicyclic) bond motifs is 1. The summed E-state index contributed by atoms with van der Waals surface area (Å²) < 4.78 is 26.1. The van der Waals surface area contributed by atoms with Crippen molar-refractivity contribution in [1.29, 1.82) is 0 Å². The van der Waals surface area contributed by atoms with Gasteiger partial charge in [0.2, 0.25) is 10.0 Å². The van der Waals surface area contributed by atoms with Crippen molar-refractivity contribution in [1.82, 2.24) is 0 Å². The maximum atomic E-state index is 12.4. The second-order valence-corrected chi connectivity index (χ2v) is 8.63. The molecule has 2 aromatic carbocycles. The van der Waals surface area contributed by atoms with Crippen molar-refractivity contribution >= 4 is 38.9 Å². The van der Waals surface area contributed by atoms with Crippen molar-refractivity contribution in [3.05, 3.63) is 58.6 Å². The molecular formula is C18H19ClN2O3S. The van der Waals surface area contributed by atoms with Crippen LogP contribution in [0, 0.1) is 0 Å². The van der Waals surface area contributed by atoms with Crippen molar-refractivity contribution in [2.24, 2.45) is 0 Å². The van der Waals surface area contributed by atoms with E-state index in [0.29, 0.717) is 28.4 Å². The van der Waals surface area contributed by atoms with Gasteiger partial charge in [-0.25, -0.2) is 8.42 Å². The summed E-state index contributed by atoms with van der Waals surface area (Å²) in [4.78, 5) is 12.4. The quantitative estimate of drug-likeness (QED) is 0.882. The topological polar surface area (TPSA) is 66.5 Å². The van der Waals surface area contributed by atoms with E-state index in [1.807, 2.05) is 6.92 Å². The molecule has 0 spiro atoms. The lowest BCUT2D eigenvalue weighted by atomic mass is 10.1. The minimum absolute atomic E-state index is 0.0512. The maximum Gasteiger partial charge on any atom is 0.255 e. The van der Waals surface area contributed by atoms with E-state index in [9.17, 15) is 13.2 Å². The Balaban J connectivity index is 1.86. The van der Waals surface area contributed by atoms with Crippen LogP contribution in [-0.2, 0) is 16.4 Å². The number of nitrogens with one attached hydrogen (secondary N) is 1. The van der Waals surface area contributed by atoms with Gasteiger partial charge in [0, 0.05) is 22.3 Å². The highest BCUT2D eigenvalue weighted by Crippen LogP contribution is 2.35. The molecule has 3 rings (SSSR count). The first kappa shape index (κ1) is 17.8. The number of hydrogen-bond acceptors (Lipinski definition) is 3. The van der Waals surface area contributed by atoms with Gasteiger partial charge >= 0.3 is 0 Å². The summed E-state index contributed by atoms with van der Waals surface area (Å²) >= 11 is 5.84. The molecule has 0 fully saturated rings. The highest BCUT2D eigenvalue weighted by molar-refractivity contribution is 7.92. The van der Waals surface area contributed by atoms with Crippen LogP contribution in [-0.4, -0.2) is 26.1 Å². The molecule has 1 aliphatic rings. The Hall–Kier alpha value is -2.05. The van der Waals surface area contributed by atoms with Gasteiger partial charge in [0.15, 0.2) is 0 Å². The molecule has 7 heteroatoms. The molecule has 0 saturated heterocycles. The fourth-order valence-corrected chi connectivity index (χ4v) is 4.55. The number of nitrogens with zero attached hydrogens (tertiary/aromatic N) is 1. The highest BCUT2D eigenvalue weighted by atomic mass is 35.5. The third kappa shape index (κ3) is 3.50. The Morgan fingerprint density at radius 3 is 2.56 bits per heavy atom. The summed E-state index contributed by atoms with van der Waals surface area (Å²) in [7, 11) is -3.33. The number of amides is 1. The van der Waals surface area contributed by atoms with Crippen LogP contribution in [0.2, 0.25) is 5.02 Å². The molecule has 0 saturated carbocycles. The first-order valence-corrected chi connectivity index (χ1v) is 10.0. The second kappa shape index (κ2) is 6.69. The lowest BCUT2D eigenvalue weighted by Crippen LogP contribution is -2.36. The Kier molecular flexibility index (Phi) is 4.75. The van der Waals surface area contributed by atoms with Crippen LogP contribution in [0.25, 0.3) is 0 Å². The molecule has 1 atom stereocenters. The maximum absolute atomic E-state index is 12.4. The SMILES string of the molecule is CCS(=O)(=O)N1c2ccc(C(=O)Nc3ccc(Cl)cc3)cc2C[C@H]1C. The smallest absolute Gasteiger partial charge is 0.255 e. The number of sulfonamides is 1. The van der Waals surface area contributed by atoms with E-state index in [4.69, 9.17) is 11.6 Å². The molecule has 2 aromatic rings. The summed E-state index contributed by atoms with van der Waals surface area (Å²) in [6, 6.07) is 11.8. The van der Waals surface area contributed by atoms with Crippen LogP contribution in [0.1, 0.15) is 29.8 Å². The first-order valence-electron chi connectivity index (χ1n) is 8.04. The number of hydrogen-bond donors (Lipinski definition) is 1. The van der Waals surface area contributed by atoms with E-state index in [2.05, 4.69) is 5.32 Å². The van der Waals surface area contributed by atoms with E-state index in [0.717, 1.165) is 5.56 Å². The van der Waals surface area contributed by atoms with Crippen LogP contribution in [0.4, 0.5) is 11.4 Å². The van der Waals surface area contributed by atoms with Gasteiger partial charge in [-0.05, 0) is 68.3 Å². The highest BCUT2D eigenvalue weighted by Gasteiger charge is 2.34. The molecule has 1 N–H and O–H groups in total. The van der Waals surface area contributed by atoms with E-state index < -0.39 is 10.0 Å². The number of anilines is 2. The molecule has 1 amide bonds. The molecule has 0 radical (unpaired) electrons. The first-order chi connectivity index (χ1) is 11.8. The van der Waals surface area contributed by atoms with E-state index in [1.165, 1.54) is 4.31 Å². The average Bonchev–Trinajstić information content (AvgIpc) is 2.92. The van der Waals surface area contributed by atoms with Crippen molar-refractivity contribution < 1.29 is 13.2 Å². The monoisotopic (exact) mass is 378 g/mol. The van der Waals surface area contributed by atoms with Crippen LogP contribution < -0.4 is 9.62 Å². The standard InChI is InChI=1S/C18H19ClN2O3S/c1-3-25(23,24)21-12(2)10-14-11-13(4-9-17(14)21)18(22)20-16-7-5-15(19)6-8-16/h4-9,11-12H,3,10H2,1-2H3,(H,20,22)/t12-/m1/s1. The number of carbonyl (C=O) groups excluding carboxylic acids is 1. The molecule has 0 bridgehead atoms. The van der Waals surface area contributed by atoms with Gasteiger partial charge in [-0.3, -0.25) is 9.10 Å². The summed E-state index contributed by atoms with van der Waals surface area (Å²) in [6.07, 6.45) is 0.594. The normalized spacial score (nSPS) is 16.6. The number of carbonyl (C=O) groups is 1. The zero-order valence-corrected chi connectivity index (χ0v) is 15.6. The third-order valence-electron chi connectivity index (χ3n) is 4.26. The van der Waals surface area contributed by atoms with Crippen molar-refractivity contribution in [3.8, 4) is 0 Å². The van der Waals surface area contributed by atoms with Crippen LogP contribution in [0.15, 0.2) is 42.5 Å². The summed E-state index contributed by atoms with van der Waals surface area (Å²) in [6.45, 7) is 3.51. The van der Waals surface area contributed by atoms with Crippen LogP contribution in [0.5, 0.6) is 0 Å². The van der Waals surface area contributed by atoms with Crippen molar-refractivity contribution in [2.75, 3.05) is 15.4 Å². The third-order valence-corrected chi connectivity index (χ3v) is 6.40. The van der Waals surface area contributed by atoms with Gasteiger partial charge in [-0.1, -0.05) is 11.6 Å². The fraction of sp³-hybridized carbons (Fsp3) is 0.278. The Morgan fingerprint density at radius 2 is 1.92 bits per heavy atom. The lowest BCUT2D eigenvalue weighted by molar-refractivity contribution is 0.102. The van der Waals surface area contributed by atoms with E-state index in [-0.39, 0.29) is 17.7 Å². The van der Waals surface area contributed by atoms with Gasteiger partial charge in [0.1, 0.15) is 0 Å². The number of rotatable bonds is 4. The minimum Gasteiger partial charge on any atom is -0.322 e. The fourth-order valence-electron chi connectivity index (χ4n) is 3.04. The molecule has 1 heterocycles. The largest absolute Gasteiger partial charge is 0.322 e.